The molecule has 1 saturated heterocycles. The number of likely N-dealkylation sites (N-methyl/N-ethyl adjacent to an activating group) is 1. The zero-order chi connectivity index (χ0) is 17.3. The average Bonchev–Trinajstić information content (AvgIpc) is 3.02. The Hall–Kier alpha value is -2.21. The molecule has 1 aliphatic rings. The molecule has 1 aromatic heterocycles. The molecule has 0 unspecified atom stereocenters. The Morgan fingerprint density at radius 1 is 1.29 bits per heavy atom. The van der Waals surface area contributed by atoms with Gasteiger partial charge in [-0.1, -0.05) is 25.5 Å². The van der Waals surface area contributed by atoms with Crippen molar-refractivity contribution in [1.82, 2.24) is 19.4 Å². The van der Waals surface area contributed by atoms with Gasteiger partial charge >= 0.3 is 0 Å². The van der Waals surface area contributed by atoms with E-state index < -0.39 is 0 Å². The molecule has 6 heteroatoms. The first-order valence-electron chi connectivity index (χ1n) is 8.39. The van der Waals surface area contributed by atoms with Crippen molar-refractivity contribution in [2.45, 2.75) is 25.9 Å². The molecule has 3 rings (SSSR count). The van der Waals surface area contributed by atoms with E-state index >= 15 is 0 Å². The van der Waals surface area contributed by atoms with Crippen LogP contribution in [0, 0.1) is 5.92 Å². The first-order chi connectivity index (χ1) is 11.5. The number of carbonyl (C=O) groups excluding carboxylic acids is 1. The minimum Gasteiger partial charge on any atom is -0.339 e. The molecular weight excluding hydrogens is 304 g/mol. The molecule has 2 heterocycles. The van der Waals surface area contributed by atoms with Gasteiger partial charge in [0, 0.05) is 19.1 Å². The lowest BCUT2D eigenvalue weighted by Gasteiger charge is -2.23. The van der Waals surface area contributed by atoms with Gasteiger partial charge in [-0.3, -0.25) is 14.2 Å². The summed E-state index contributed by atoms with van der Waals surface area (Å²) in [4.78, 5) is 33.5. The molecule has 0 bridgehead atoms. The molecule has 1 fully saturated rings. The Morgan fingerprint density at radius 3 is 2.71 bits per heavy atom. The molecule has 6 nitrogen and oxygen atoms in total. The van der Waals surface area contributed by atoms with Gasteiger partial charge in [-0.15, -0.1) is 0 Å². The highest BCUT2D eigenvalue weighted by atomic mass is 16.2. The summed E-state index contributed by atoms with van der Waals surface area (Å²) < 4.78 is 1.41. The zero-order valence-corrected chi connectivity index (χ0v) is 14.5. The van der Waals surface area contributed by atoms with Crippen molar-refractivity contribution in [2.75, 3.05) is 27.2 Å². The molecule has 2 atom stereocenters. The van der Waals surface area contributed by atoms with E-state index in [1.165, 1.54) is 10.9 Å². The molecule has 1 aromatic carbocycles. The van der Waals surface area contributed by atoms with Crippen LogP contribution in [-0.2, 0) is 11.3 Å². The van der Waals surface area contributed by atoms with E-state index in [0.717, 1.165) is 19.5 Å². The second-order valence-electron chi connectivity index (χ2n) is 6.69. The number of nitrogens with zero attached hydrogens (tertiary/aromatic N) is 4. The van der Waals surface area contributed by atoms with E-state index in [2.05, 4.69) is 30.9 Å². The highest BCUT2D eigenvalue weighted by Crippen LogP contribution is 2.23. The molecule has 24 heavy (non-hydrogen) atoms. The van der Waals surface area contributed by atoms with Crippen LogP contribution in [0.3, 0.4) is 0 Å². The van der Waals surface area contributed by atoms with Gasteiger partial charge in [0.15, 0.2) is 0 Å². The first-order valence-corrected chi connectivity index (χ1v) is 8.39. The number of hydrogen-bond donors (Lipinski definition) is 0. The van der Waals surface area contributed by atoms with Crippen molar-refractivity contribution in [1.29, 1.82) is 0 Å². The number of benzene rings is 1. The van der Waals surface area contributed by atoms with Crippen LogP contribution in [0.25, 0.3) is 10.9 Å². The van der Waals surface area contributed by atoms with Crippen LogP contribution in [0.4, 0.5) is 0 Å². The highest BCUT2D eigenvalue weighted by Gasteiger charge is 2.35. The predicted molar refractivity (Wildman–Crippen MR) is 93.8 cm³/mol. The number of fused-ring (bicyclic) bond motifs is 1. The van der Waals surface area contributed by atoms with Gasteiger partial charge in [0.2, 0.25) is 5.91 Å². The van der Waals surface area contributed by atoms with E-state index in [0.29, 0.717) is 22.9 Å². The number of carbonyl (C=O) groups is 1. The Labute approximate surface area is 141 Å². The van der Waals surface area contributed by atoms with Crippen LogP contribution in [0.15, 0.2) is 35.4 Å². The summed E-state index contributed by atoms with van der Waals surface area (Å²) in [5, 5.41) is 0.548. The molecule has 0 N–H and O–H groups in total. The lowest BCUT2D eigenvalue weighted by molar-refractivity contribution is -0.131. The summed E-state index contributed by atoms with van der Waals surface area (Å²) in [5.41, 5.74) is 0.496. The smallest absolute Gasteiger partial charge is 0.261 e. The van der Waals surface area contributed by atoms with Crippen LogP contribution in [-0.4, -0.2) is 58.5 Å². The third kappa shape index (κ3) is 3.06. The molecule has 128 valence electrons. The number of likely N-dealkylation sites (tertiary alicyclic amines) is 1. The maximum atomic E-state index is 12.7. The van der Waals surface area contributed by atoms with Crippen molar-refractivity contribution >= 4 is 16.8 Å². The molecule has 1 amide bonds. The van der Waals surface area contributed by atoms with E-state index in [4.69, 9.17) is 0 Å². The van der Waals surface area contributed by atoms with Crippen LogP contribution in [0.5, 0.6) is 0 Å². The minimum atomic E-state index is -0.163. The fourth-order valence-corrected chi connectivity index (χ4v) is 3.51. The van der Waals surface area contributed by atoms with E-state index in [1.54, 1.807) is 12.1 Å². The molecule has 2 aromatic rings. The number of hydrogen-bond acceptors (Lipinski definition) is 4. The van der Waals surface area contributed by atoms with E-state index in [-0.39, 0.29) is 18.0 Å². The van der Waals surface area contributed by atoms with Crippen molar-refractivity contribution < 1.29 is 4.79 Å². The molecule has 0 saturated carbocycles. The van der Waals surface area contributed by atoms with Gasteiger partial charge in [-0.05, 0) is 32.1 Å². The van der Waals surface area contributed by atoms with E-state index in [9.17, 15) is 9.59 Å². The average molecular weight is 328 g/mol. The summed E-state index contributed by atoms with van der Waals surface area (Å²) in [6.07, 6.45) is 2.52. The summed E-state index contributed by atoms with van der Waals surface area (Å²) in [5.74, 6) is 0.465. The number of para-hydroxylation sites is 1. The van der Waals surface area contributed by atoms with Gasteiger partial charge in [0.05, 0.1) is 17.2 Å². The molecule has 1 aliphatic heterocycles. The second-order valence-corrected chi connectivity index (χ2v) is 6.69. The monoisotopic (exact) mass is 328 g/mol. The van der Waals surface area contributed by atoms with Crippen LogP contribution < -0.4 is 5.56 Å². The minimum absolute atomic E-state index is 0.0167. The van der Waals surface area contributed by atoms with E-state index in [1.807, 2.05) is 17.0 Å². The summed E-state index contributed by atoms with van der Waals surface area (Å²) >= 11 is 0. The molecular formula is C18H24N4O2. The predicted octanol–water partition coefficient (Wildman–Crippen LogP) is 1.20. The van der Waals surface area contributed by atoms with Crippen molar-refractivity contribution in [2.24, 2.45) is 5.92 Å². The second kappa shape index (κ2) is 6.73. The molecule has 0 spiro atoms. The number of rotatable bonds is 4. The molecule has 0 aliphatic carbocycles. The van der Waals surface area contributed by atoms with Crippen LogP contribution >= 0.6 is 0 Å². The number of aromatic nitrogens is 2. The third-order valence-electron chi connectivity index (χ3n) is 4.98. The first kappa shape index (κ1) is 16.6. The zero-order valence-electron chi connectivity index (χ0n) is 14.5. The molecule has 0 radical (unpaired) electrons. The van der Waals surface area contributed by atoms with Crippen molar-refractivity contribution in [3.05, 3.63) is 40.9 Å². The highest BCUT2D eigenvalue weighted by molar-refractivity contribution is 5.79. The van der Waals surface area contributed by atoms with Gasteiger partial charge in [0.25, 0.3) is 5.56 Å². The van der Waals surface area contributed by atoms with Crippen molar-refractivity contribution in [3.63, 3.8) is 0 Å². The van der Waals surface area contributed by atoms with Gasteiger partial charge in [-0.2, -0.15) is 0 Å². The summed E-state index contributed by atoms with van der Waals surface area (Å²) in [6, 6.07) is 7.59. The van der Waals surface area contributed by atoms with Gasteiger partial charge < -0.3 is 9.80 Å². The van der Waals surface area contributed by atoms with Gasteiger partial charge in [-0.25, -0.2) is 4.98 Å². The quantitative estimate of drug-likeness (QED) is 0.846. The SMILES string of the molecule is CC[C@@H]1CN(C(=O)Cn2cnc3ccccc3c2=O)C[C@@H]1N(C)C. The summed E-state index contributed by atoms with van der Waals surface area (Å²) in [6.45, 7) is 3.69. The third-order valence-corrected chi connectivity index (χ3v) is 4.98. The van der Waals surface area contributed by atoms with Crippen molar-refractivity contribution in [3.8, 4) is 0 Å². The Bertz CT molecular complexity index is 799. The summed E-state index contributed by atoms with van der Waals surface area (Å²) in [7, 11) is 4.11. The van der Waals surface area contributed by atoms with Gasteiger partial charge in [0.1, 0.15) is 6.54 Å². The lowest BCUT2D eigenvalue weighted by atomic mass is 10.0. The maximum Gasteiger partial charge on any atom is 0.261 e. The number of amides is 1. The standard InChI is InChI=1S/C18H24N4O2/c1-4-13-9-21(10-16(13)20(2)3)17(23)11-22-12-19-15-8-6-5-7-14(15)18(22)24/h5-8,12-13,16H,4,9-11H2,1-3H3/t13-,16+/m1/s1. The Kier molecular flexibility index (Phi) is 4.66. The normalized spacial score (nSPS) is 20.9. The maximum absolute atomic E-state index is 12.7. The Balaban J connectivity index is 1.78. The largest absolute Gasteiger partial charge is 0.339 e. The van der Waals surface area contributed by atoms with Crippen LogP contribution in [0.2, 0.25) is 0 Å². The fraction of sp³-hybridized carbons (Fsp3) is 0.500. The lowest BCUT2D eigenvalue weighted by Crippen LogP contribution is -2.38. The topological polar surface area (TPSA) is 58.4 Å². The Morgan fingerprint density at radius 2 is 2.04 bits per heavy atom. The fourth-order valence-electron chi connectivity index (χ4n) is 3.51. The van der Waals surface area contributed by atoms with Crippen LogP contribution in [0.1, 0.15) is 13.3 Å².